The Hall–Kier alpha value is -1.36. The van der Waals surface area contributed by atoms with Crippen LogP contribution in [0, 0.1) is 5.82 Å². The summed E-state index contributed by atoms with van der Waals surface area (Å²) in [6.45, 7) is 2.17. The predicted octanol–water partition coefficient (Wildman–Crippen LogP) is 6.38. The Balaban J connectivity index is 1.65. The first kappa shape index (κ1) is 17.5. The molecule has 0 atom stereocenters. The lowest BCUT2D eigenvalue weighted by Gasteiger charge is -2.05. The van der Waals surface area contributed by atoms with Gasteiger partial charge in [-0.1, -0.05) is 42.8 Å². The molecule has 3 aromatic rings. The number of aromatic nitrogens is 1. The van der Waals surface area contributed by atoms with Crippen molar-refractivity contribution in [3.8, 4) is 0 Å². The summed E-state index contributed by atoms with van der Waals surface area (Å²) in [5.74, 6) is 0.541. The van der Waals surface area contributed by atoms with Crippen molar-refractivity contribution in [3.05, 3.63) is 80.5 Å². The maximum Gasteiger partial charge on any atom is 0.124 e. The van der Waals surface area contributed by atoms with E-state index in [9.17, 15) is 4.39 Å². The summed E-state index contributed by atoms with van der Waals surface area (Å²) < 4.78 is 13.1. The highest BCUT2D eigenvalue weighted by molar-refractivity contribution is 7.98. The van der Waals surface area contributed by atoms with Crippen LogP contribution in [-0.2, 0) is 18.6 Å². The van der Waals surface area contributed by atoms with E-state index in [1.807, 2.05) is 11.8 Å². The first-order valence-electron chi connectivity index (χ1n) is 7.73. The van der Waals surface area contributed by atoms with E-state index < -0.39 is 0 Å². The summed E-state index contributed by atoms with van der Waals surface area (Å²) in [7, 11) is 0. The van der Waals surface area contributed by atoms with Crippen LogP contribution < -0.4 is 0 Å². The minimum Gasteiger partial charge on any atom is -0.245 e. The highest BCUT2D eigenvalue weighted by atomic mass is 35.5. The Bertz CT molecular complexity index is 832. The molecule has 0 saturated carbocycles. The van der Waals surface area contributed by atoms with Gasteiger partial charge in [-0.15, -0.1) is 23.1 Å². The Morgan fingerprint density at radius 3 is 2.79 bits per heavy atom. The molecule has 0 saturated heterocycles. The maximum atomic E-state index is 13.1. The van der Waals surface area contributed by atoms with Gasteiger partial charge in [0, 0.05) is 27.5 Å². The van der Waals surface area contributed by atoms with Gasteiger partial charge in [-0.25, -0.2) is 9.37 Å². The van der Waals surface area contributed by atoms with E-state index in [0.29, 0.717) is 11.4 Å². The third-order valence-corrected chi connectivity index (χ3v) is 6.08. The molecule has 0 fully saturated rings. The summed E-state index contributed by atoms with van der Waals surface area (Å²) in [5.41, 5.74) is 3.35. The van der Waals surface area contributed by atoms with E-state index in [0.717, 1.165) is 28.4 Å². The minimum absolute atomic E-state index is 0.311. The zero-order chi connectivity index (χ0) is 16.9. The van der Waals surface area contributed by atoms with Crippen LogP contribution in [0.25, 0.3) is 0 Å². The van der Waals surface area contributed by atoms with E-state index in [-0.39, 0.29) is 5.82 Å². The van der Waals surface area contributed by atoms with Crippen LogP contribution in [0.1, 0.15) is 28.8 Å². The molecule has 1 aromatic heterocycles. The smallest absolute Gasteiger partial charge is 0.124 e. The van der Waals surface area contributed by atoms with Crippen molar-refractivity contribution >= 4 is 34.7 Å². The third-order valence-electron chi connectivity index (χ3n) is 3.69. The van der Waals surface area contributed by atoms with E-state index >= 15 is 0 Å². The molecule has 1 heterocycles. The number of hydrogen-bond acceptors (Lipinski definition) is 3. The molecule has 2 aromatic carbocycles. The van der Waals surface area contributed by atoms with Crippen LogP contribution in [0.15, 0.2) is 52.7 Å². The van der Waals surface area contributed by atoms with E-state index in [1.165, 1.54) is 22.6 Å². The van der Waals surface area contributed by atoms with Crippen LogP contribution >= 0.6 is 34.7 Å². The lowest BCUT2D eigenvalue weighted by Crippen LogP contribution is -1.91. The molecule has 0 unspecified atom stereocenters. The number of benzene rings is 2. The van der Waals surface area contributed by atoms with Crippen LogP contribution in [0.2, 0.25) is 5.02 Å². The molecule has 3 rings (SSSR count). The van der Waals surface area contributed by atoms with Crippen LogP contribution in [0.5, 0.6) is 0 Å². The summed E-state index contributed by atoms with van der Waals surface area (Å²) >= 11 is 9.54. The van der Waals surface area contributed by atoms with Crippen molar-refractivity contribution < 1.29 is 4.39 Å². The number of aryl methyl sites for hydroxylation is 1. The topological polar surface area (TPSA) is 12.9 Å². The number of halogens is 2. The monoisotopic (exact) mass is 377 g/mol. The number of nitrogens with zero attached hydrogens (tertiary/aromatic N) is 1. The highest BCUT2D eigenvalue weighted by Crippen LogP contribution is 2.28. The number of thioether (sulfide) groups is 1. The largest absolute Gasteiger partial charge is 0.245 e. The first-order chi connectivity index (χ1) is 11.7. The summed E-state index contributed by atoms with van der Waals surface area (Å²) in [6.07, 6.45) is 1.68. The van der Waals surface area contributed by atoms with Crippen LogP contribution in [-0.4, -0.2) is 4.98 Å². The molecule has 124 valence electrons. The molecule has 0 N–H and O–H groups in total. The lowest BCUT2D eigenvalue weighted by atomic mass is 10.1. The average Bonchev–Trinajstić information content (AvgIpc) is 3.03. The van der Waals surface area contributed by atoms with Crippen molar-refractivity contribution in [2.24, 2.45) is 0 Å². The van der Waals surface area contributed by atoms with Gasteiger partial charge in [0.25, 0.3) is 0 Å². The highest BCUT2D eigenvalue weighted by Gasteiger charge is 2.08. The van der Waals surface area contributed by atoms with Gasteiger partial charge < -0.3 is 0 Å². The second-order valence-corrected chi connectivity index (χ2v) is 7.76. The summed E-state index contributed by atoms with van der Waals surface area (Å²) in [6, 6.07) is 13.0. The second kappa shape index (κ2) is 8.15. The molecule has 0 amide bonds. The fraction of sp³-hybridized carbons (Fsp3) is 0.211. The zero-order valence-electron chi connectivity index (χ0n) is 13.3. The Morgan fingerprint density at radius 1 is 1.17 bits per heavy atom. The van der Waals surface area contributed by atoms with Gasteiger partial charge in [-0.3, -0.25) is 0 Å². The first-order valence-corrected chi connectivity index (χ1v) is 9.98. The van der Waals surface area contributed by atoms with E-state index in [4.69, 9.17) is 11.6 Å². The van der Waals surface area contributed by atoms with Gasteiger partial charge in [0.1, 0.15) is 5.82 Å². The van der Waals surface area contributed by atoms with Crippen molar-refractivity contribution in [1.82, 2.24) is 4.98 Å². The van der Waals surface area contributed by atoms with Crippen LogP contribution in [0.3, 0.4) is 0 Å². The van der Waals surface area contributed by atoms with Gasteiger partial charge in [-0.05, 0) is 35.7 Å². The molecule has 5 heteroatoms. The van der Waals surface area contributed by atoms with Crippen molar-refractivity contribution in [2.75, 3.05) is 0 Å². The van der Waals surface area contributed by atoms with Crippen molar-refractivity contribution in [3.63, 3.8) is 0 Å². The fourth-order valence-corrected chi connectivity index (χ4v) is 4.59. The van der Waals surface area contributed by atoms with Crippen LogP contribution in [0.4, 0.5) is 4.39 Å². The quantitative estimate of drug-likeness (QED) is 0.462. The number of rotatable bonds is 6. The molecule has 0 spiro atoms. The van der Waals surface area contributed by atoms with Gasteiger partial charge in [0.2, 0.25) is 0 Å². The standard InChI is InChI=1S/C19H17ClFNS2/c1-2-13-5-3-4-6-18(13)23-11-16-12-24-19(22-16)9-14-7-8-15(21)10-17(14)20/h3-8,10,12H,2,9,11H2,1H3. The second-order valence-electron chi connectivity index (χ2n) is 5.40. The lowest BCUT2D eigenvalue weighted by molar-refractivity contribution is 0.627. The minimum atomic E-state index is -0.311. The molecular formula is C19H17ClFNS2. The van der Waals surface area contributed by atoms with Gasteiger partial charge in [0.05, 0.1) is 10.7 Å². The van der Waals surface area contributed by atoms with Gasteiger partial charge in [-0.2, -0.15) is 0 Å². The van der Waals surface area contributed by atoms with Gasteiger partial charge in [0.15, 0.2) is 0 Å². The predicted molar refractivity (Wildman–Crippen MR) is 102 cm³/mol. The van der Waals surface area contributed by atoms with Gasteiger partial charge >= 0.3 is 0 Å². The SMILES string of the molecule is CCc1ccccc1SCc1csc(Cc2ccc(F)cc2Cl)n1. The molecular weight excluding hydrogens is 361 g/mol. The average molecular weight is 378 g/mol. The number of hydrogen-bond donors (Lipinski definition) is 0. The fourth-order valence-electron chi connectivity index (χ4n) is 2.41. The summed E-state index contributed by atoms with van der Waals surface area (Å²) in [4.78, 5) is 6.00. The molecule has 1 nitrogen and oxygen atoms in total. The molecule has 0 aliphatic heterocycles. The molecule has 0 bridgehead atoms. The van der Waals surface area contributed by atoms with E-state index in [1.54, 1.807) is 17.4 Å². The maximum absolute atomic E-state index is 13.1. The zero-order valence-corrected chi connectivity index (χ0v) is 15.6. The molecule has 0 radical (unpaired) electrons. The normalized spacial score (nSPS) is 11.0. The van der Waals surface area contributed by atoms with E-state index in [2.05, 4.69) is 41.6 Å². The van der Waals surface area contributed by atoms with Crippen molar-refractivity contribution in [2.45, 2.75) is 30.4 Å². The molecule has 0 aliphatic carbocycles. The molecule has 0 aliphatic rings. The number of thiazole rings is 1. The summed E-state index contributed by atoms with van der Waals surface area (Å²) in [5, 5.41) is 3.55. The molecule has 24 heavy (non-hydrogen) atoms. The van der Waals surface area contributed by atoms with Crippen molar-refractivity contribution in [1.29, 1.82) is 0 Å². The Labute approximate surface area is 154 Å². The Morgan fingerprint density at radius 2 is 2.00 bits per heavy atom. The Kier molecular flexibility index (Phi) is 5.93. The third kappa shape index (κ3) is 4.38.